The fourth-order valence-corrected chi connectivity index (χ4v) is 2.71. The number of carboxylic acid groups (broad SMARTS) is 1. The van der Waals surface area contributed by atoms with Crippen LogP contribution in [0.3, 0.4) is 0 Å². The number of aliphatic carboxylic acids is 1. The molecule has 0 saturated heterocycles. The Kier molecular flexibility index (Phi) is 5.06. The second-order valence-corrected chi connectivity index (χ2v) is 5.99. The summed E-state index contributed by atoms with van der Waals surface area (Å²) in [4.78, 5) is 15.4. The zero-order chi connectivity index (χ0) is 19.6. The number of aromatic nitrogens is 3. The SMILES string of the molecule is O=C(O)C(O)(Cn1cncn1)c1ccc(Oc2ccc(F)c(F)c2)cc1Cl. The van der Waals surface area contributed by atoms with Crippen molar-refractivity contribution in [2.45, 2.75) is 12.1 Å². The first-order valence-corrected chi connectivity index (χ1v) is 7.88. The summed E-state index contributed by atoms with van der Waals surface area (Å²) in [5.74, 6) is -3.47. The molecule has 0 saturated carbocycles. The molecule has 3 rings (SSSR count). The minimum Gasteiger partial charge on any atom is -0.479 e. The summed E-state index contributed by atoms with van der Waals surface area (Å²) in [6, 6.07) is 6.85. The van der Waals surface area contributed by atoms with Gasteiger partial charge in [-0.1, -0.05) is 17.7 Å². The van der Waals surface area contributed by atoms with Crippen molar-refractivity contribution >= 4 is 17.6 Å². The van der Waals surface area contributed by atoms with Gasteiger partial charge in [0.2, 0.25) is 5.60 Å². The number of nitrogens with zero attached hydrogens (tertiary/aromatic N) is 3. The van der Waals surface area contributed by atoms with Crippen molar-refractivity contribution in [1.82, 2.24) is 14.8 Å². The predicted octanol–water partition coefficient (Wildman–Crippen LogP) is 2.97. The molecule has 1 atom stereocenters. The number of benzene rings is 2. The van der Waals surface area contributed by atoms with Crippen molar-refractivity contribution in [3.8, 4) is 11.5 Å². The van der Waals surface area contributed by atoms with Crippen molar-refractivity contribution < 1.29 is 28.5 Å². The Morgan fingerprint density at radius 1 is 1.19 bits per heavy atom. The Morgan fingerprint density at radius 2 is 1.89 bits per heavy atom. The molecule has 0 amide bonds. The molecule has 1 aromatic heterocycles. The van der Waals surface area contributed by atoms with E-state index in [1.54, 1.807) is 0 Å². The Bertz CT molecular complexity index is 984. The first-order chi connectivity index (χ1) is 12.8. The second-order valence-electron chi connectivity index (χ2n) is 5.58. The van der Waals surface area contributed by atoms with Crippen LogP contribution in [0.25, 0.3) is 0 Å². The molecular formula is C17H12ClF2N3O4. The van der Waals surface area contributed by atoms with E-state index < -0.39 is 29.7 Å². The Morgan fingerprint density at radius 3 is 2.48 bits per heavy atom. The number of halogens is 3. The maximum atomic E-state index is 13.3. The van der Waals surface area contributed by atoms with Crippen LogP contribution >= 0.6 is 11.6 Å². The van der Waals surface area contributed by atoms with Gasteiger partial charge in [0.15, 0.2) is 11.6 Å². The third-order valence-corrected chi connectivity index (χ3v) is 4.04. The standard InChI is InChI=1S/C17H12ClF2N3O4/c18-13-5-10(27-11-2-4-14(19)15(20)6-11)1-3-12(13)17(26,16(24)25)7-23-9-21-8-22-23/h1-6,8-9,26H,7H2,(H,24,25). The molecule has 0 radical (unpaired) electrons. The minimum absolute atomic E-state index is 0.0221. The van der Waals surface area contributed by atoms with Crippen molar-refractivity contribution in [1.29, 1.82) is 0 Å². The number of hydrogen-bond acceptors (Lipinski definition) is 5. The van der Waals surface area contributed by atoms with Gasteiger partial charge in [-0.25, -0.2) is 23.2 Å². The van der Waals surface area contributed by atoms with Crippen LogP contribution in [0.1, 0.15) is 5.56 Å². The lowest BCUT2D eigenvalue weighted by molar-refractivity contribution is -0.161. The smallest absolute Gasteiger partial charge is 0.342 e. The number of aliphatic hydroxyl groups is 1. The van der Waals surface area contributed by atoms with Crippen LogP contribution < -0.4 is 4.74 Å². The third kappa shape index (κ3) is 3.88. The van der Waals surface area contributed by atoms with E-state index in [9.17, 15) is 23.8 Å². The average molecular weight is 396 g/mol. The molecule has 0 spiro atoms. The maximum Gasteiger partial charge on any atom is 0.342 e. The molecule has 3 aromatic rings. The van der Waals surface area contributed by atoms with Crippen LogP contribution in [-0.4, -0.2) is 30.9 Å². The molecule has 2 aromatic carbocycles. The van der Waals surface area contributed by atoms with E-state index in [0.717, 1.165) is 16.8 Å². The first kappa shape index (κ1) is 18.7. The average Bonchev–Trinajstić information content (AvgIpc) is 3.11. The molecule has 27 heavy (non-hydrogen) atoms. The third-order valence-electron chi connectivity index (χ3n) is 3.72. The maximum absolute atomic E-state index is 13.3. The van der Waals surface area contributed by atoms with E-state index in [4.69, 9.17) is 16.3 Å². The Balaban J connectivity index is 1.90. The summed E-state index contributed by atoms with van der Waals surface area (Å²) in [6.45, 7) is -0.425. The van der Waals surface area contributed by atoms with Gasteiger partial charge in [0.05, 0.1) is 11.6 Å². The fourth-order valence-electron chi connectivity index (χ4n) is 2.39. The number of carbonyl (C=O) groups is 1. The highest BCUT2D eigenvalue weighted by Crippen LogP contribution is 2.34. The fraction of sp³-hybridized carbons (Fsp3) is 0.118. The van der Waals surface area contributed by atoms with Crippen molar-refractivity contribution in [3.63, 3.8) is 0 Å². The predicted molar refractivity (Wildman–Crippen MR) is 89.4 cm³/mol. The van der Waals surface area contributed by atoms with E-state index >= 15 is 0 Å². The van der Waals surface area contributed by atoms with E-state index in [1.807, 2.05) is 0 Å². The molecule has 7 nitrogen and oxygen atoms in total. The highest BCUT2D eigenvalue weighted by molar-refractivity contribution is 6.31. The largest absolute Gasteiger partial charge is 0.479 e. The quantitative estimate of drug-likeness (QED) is 0.666. The monoisotopic (exact) mass is 395 g/mol. The van der Waals surface area contributed by atoms with E-state index in [-0.39, 0.29) is 22.1 Å². The van der Waals surface area contributed by atoms with Crippen molar-refractivity contribution in [2.24, 2.45) is 0 Å². The Hall–Kier alpha value is -3.04. The van der Waals surface area contributed by atoms with E-state index in [1.165, 1.54) is 36.9 Å². The van der Waals surface area contributed by atoms with Gasteiger partial charge in [-0.15, -0.1) is 0 Å². The first-order valence-electron chi connectivity index (χ1n) is 7.51. The van der Waals surface area contributed by atoms with Gasteiger partial charge in [0.1, 0.15) is 24.2 Å². The van der Waals surface area contributed by atoms with Crippen LogP contribution in [0.2, 0.25) is 5.02 Å². The molecule has 140 valence electrons. The number of hydrogen-bond donors (Lipinski definition) is 2. The molecule has 0 aliphatic heterocycles. The number of rotatable bonds is 6. The second kappa shape index (κ2) is 7.29. The molecular weight excluding hydrogens is 384 g/mol. The molecule has 1 heterocycles. The summed E-state index contributed by atoms with van der Waals surface area (Å²) in [6.07, 6.45) is 2.45. The Labute approximate surface area is 156 Å². The molecule has 0 fully saturated rings. The molecule has 2 N–H and O–H groups in total. The normalized spacial score (nSPS) is 13.2. The van der Waals surface area contributed by atoms with Gasteiger partial charge in [0.25, 0.3) is 0 Å². The molecule has 1 unspecified atom stereocenters. The van der Waals surface area contributed by atoms with Crippen LogP contribution in [0.5, 0.6) is 11.5 Å². The lowest BCUT2D eigenvalue weighted by atomic mass is 9.93. The number of carboxylic acids is 1. The van der Waals surface area contributed by atoms with Gasteiger partial charge in [-0.3, -0.25) is 0 Å². The van der Waals surface area contributed by atoms with Crippen LogP contribution in [0, 0.1) is 11.6 Å². The highest BCUT2D eigenvalue weighted by atomic mass is 35.5. The zero-order valence-electron chi connectivity index (χ0n) is 13.5. The van der Waals surface area contributed by atoms with Gasteiger partial charge in [-0.2, -0.15) is 5.10 Å². The van der Waals surface area contributed by atoms with Crippen molar-refractivity contribution in [3.05, 3.63) is 71.3 Å². The molecule has 10 heteroatoms. The van der Waals surface area contributed by atoms with Gasteiger partial charge < -0.3 is 14.9 Å². The summed E-state index contributed by atoms with van der Waals surface area (Å²) >= 11 is 6.14. The van der Waals surface area contributed by atoms with E-state index in [2.05, 4.69) is 10.1 Å². The van der Waals surface area contributed by atoms with E-state index in [0.29, 0.717) is 0 Å². The van der Waals surface area contributed by atoms with Gasteiger partial charge >= 0.3 is 5.97 Å². The zero-order valence-corrected chi connectivity index (χ0v) is 14.3. The van der Waals surface area contributed by atoms with Crippen LogP contribution in [0.4, 0.5) is 8.78 Å². The summed E-state index contributed by atoms with van der Waals surface area (Å²) < 4.78 is 32.8. The number of ether oxygens (including phenoxy) is 1. The molecule has 0 bridgehead atoms. The van der Waals surface area contributed by atoms with Gasteiger partial charge in [-0.05, 0) is 24.3 Å². The lowest BCUT2D eigenvalue weighted by Crippen LogP contribution is -2.40. The van der Waals surface area contributed by atoms with Crippen molar-refractivity contribution in [2.75, 3.05) is 0 Å². The highest BCUT2D eigenvalue weighted by Gasteiger charge is 2.41. The summed E-state index contributed by atoms with van der Waals surface area (Å²) in [5, 5.41) is 23.8. The molecule has 0 aliphatic rings. The molecule has 0 aliphatic carbocycles. The summed E-state index contributed by atoms with van der Waals surface area (Å²) in [7, 11) is 0. The summed E-state index contributed by atoms with van der Waals surface area (Å²) in [5.41, 5.74) is -2.46. The van der Waals surface area contributed by atoms with Crippen LogP contribution in [-0.2, 0) is 16.9 Å². The lowest BCUT2D eigenvalue weighted by Gasteiger charge is -2.25. The topological polar surface area (TPSA) is 97.5 Å². The minimum atomic E-state index is -2.37. The van der Waals surface area contributed by atoms with Crippen LogP contribution in [0.15, 0.2) is 49.1 Å². The van der Waals surface area contributed by atoms with Gasteiger partial charge in [0, 0.05) is 11.6 Å².